The molecule has 18 heavy (non-hydrogen) atoms. The van der Waals surface area contributed by atoms with Crippen LogP contribution in [0.1, 0.15) is 38.0 Å². The van der Waals surface area contributed by atoms with Gasteiger partial charge < -0.3 is 9.73 Å². The van der Waals surface area contributed by atoms with E-state index < -0.39 is 0 Å². The summed E-state index contributed by atoms with van der Waals surface area (Å²) in [6.07, 6.45) is 4.46. The molecule has 1 atom stereocenters. The third-order valence-electron chi connectivity index (χ3n) is 3.75. The van der Waals surface area contributed by atoms with Crippen molar-refractivity contribution in [1.82, 2.24) is 10.2 Å². The van der Waals surface area contributed by atoms with E-state index in [-0.39, 0.29) is 0 Å². The van der Waals surface area contributed by atoms with Gasteiger partial charge in [-0.2, -0.15) is 0 Å². The number of rotatable bonds is 5. The van der Waals surface area contributed by atoms with Gasteiger partial charge in [-0.15, -0.1) is 0 Å². The molecule has 0 radical (unpaired) electrons. The Bertz CT molecular complexity index is 359. The van der Waals surface area contributed by atoms with E-state index in [0.717, 1.165) is 24.8 Å². The second-order valence-electron chi connectivity index (χ2n) is 5.83. The largest absolute Gasteiger partial charge is 0.468 e. The van der Waals surface area contributed by atoms with Crippen molar-refractivity contribution in [1.29, 1.82) is 0 Å². The highest BCUT2D eigenvalue weighted by atomic mass is 16.3. The predicted octanol–water partition coefficient (Wildman–Crippen LogP) is 2.80. The van der Waals surface area contributed by atoms with E-state index >= 15 is 0 Å². The molecule has 1 aliphatic heterocycles. The minimum absolute atomic E-state index is 0.590. The molecule has 1 N–H and O–H groups in total. The molecule has 1 aromatic rings. The van der Waals surface area contributed by atoms with Crippen LogP contribution in [0.5, 0.6) is 0 Å². The van der Waals surface area contributed by atoms with Crippen molar-refractivity contribution < 1.29 is 4.42 Å². The molecule has 0 aliphatic carbocycles. The second-order valence-corrected chi connectivity index (χ2v) is 5.83. The Kier molecular flexibility index (Phi) is 4.84. The minimum Gasteiger partial charge on any atom is -0.468 e. The second kappa shape index (κ2) is 6.39. The molecule has 2 heterocycles. The van der Waals surface area contributed by atoms with Crippen molar-refractivity contribution in [3.63, 3.8) is 0 Å². The lowest BCUT2D eigenvalue weighted by molar-refractivity contribution is 0.153. The molecule has 1 saturated heterocycles. The van der Waals surface area contributed by atoms with Crippen LogP contribution in [-0.2, 0) is 6.54 Å². The molecule has 1 aromatic heterocycles. The lowest BCUT2D eigenvalue weighted by Gasteiger charge is -2.32. The average molecular weight is 250 g/mol. The molecule has 0 bridgehead atoms. The summed E-state index contributed by atoms with van der Waals surface area (Å²) < 4.78 is 5.54. The van der Waals surface area contributed by atoms with Gasteiger partial charge in [0, 0.05) is 12.6 Å². The van der Waals surface area contributed by atoms with Gasteiger partial charge in [0.15, 0.2) is 0 Å². The van der Waals surface area contributed by atoms with E-state index in [4.69, 9.17) is 4.42 Å². The molecule has 0 saturated carbocycles. The third-order valence-corrected chi connectivity index (χ3v) is 3.75. The summed E-state index contributed by atoms with van der Waals surface area (Å²) in [5, 5.41) is 3.56. The lowest BCUT2D eigenvalue weighted by Crippen LogP contribution is -2.40. The zero-order chi connectivity index (χ0) is 13.0. The van der Waals surface area contributed by atoms with Crippen LogP contribution < -0.4 is 5.32 Å². The lowest BCUT2D eigenvalue weighted by atomic mass is 9.97. The van der Waals surface area contributed by atoms with Crippen molar-refractivity contribution in [3.05, 3.63) is 23.7 Å². The zero-order valence-corrected chi connectivity index (χ0v) is 11.9. The highest BCUT2D eigenvalue weighted by Crippen LogP contribution is 2.19. The van der Waals surface area contributed by atoms with Crippen molar-refractivity contribution in [2.45, 2.75) is 46.2 Å². The highest BCUT2D eigenvalue weighted by molar-refractivity contribution is 5.14. The molecule has 1 fully saturated rings. The van der Waals surface area contributed by atoms with Crippen molar-refractivity contribution >= 4 is 0 Å². The van der Waals surface area contributed by atoms with Crippen molar-refractivity contribution in [2.75, 3.05) is 19.6 Å². The maximum Gasteiger partial charge on any atom is 0.120 e. The topological polar surface area (TPSA) is 28.4 Å². The number of nitrogens with one attached hydrogen (secondary N) is 1. The first-order valence-corrected chi connectivity index (χ1v) is 7.14. The number of hydrogen-bond donors (Lipinski definition) is 1. The van der Waals surface area contributed by atoms with Gasteiger partial charge in [0.2, 0.25) is 0 Å². The van der Waals surface area contributed by atoms with E-state index in [0.29, 0.717) is 6.04 Å². The fraction of sp³-hybridized carbons (Fsp3) is 0.733. The minimum atomic E-state index is 0.590. The van der Waals surface area contributed by atoms with Crippen molar-refractivity contribution in [2.24, 2.45) is 5.92 Å². The van der Waals surface area contributed by atoms with E-state index in [1.54, 1.807) is 6.26 Å². The molecular weight excluding hydrogens is 224 g/mol. The Morgan fingerprint density at radius 2 is 2.33 bits per heavy atom. The van der Waals surface area contributed by atoms with Crippen molar-refractivity contribution in [3.8, 4) is 0 Å². The van der Waals surface area contributed by atoms with Crippen LogP contribution >= 0.6 is 0 Å². The van der Waals surface area contributed by atoms with E-state index in [1.807, 2.05) is 0 Å². The summed E-state index contributed by atoms with van der Waals surface area (Å²) in [6, 6.07) is 2.64. The Morgan fingerprint density at radius 3 is 3.00 bits per heavy atom. The van der Waals surface area contributed by atoms with Gasteiger partial charge in [-0.3, -0.25) is 4.90 Å². The molecule has 1 unspecified atom stereocenters. The molecule has 3 nitrogen and oxygen atoms in total. The van der Waals surface area contributed by atoms with Gasteiger partial charge in [0.25, 0.3) is 0 Å². The smallest absolute Gasteiger partial charge is 0.120 e. The van der Waals surface area contributed by atoms with Gasteiger partial charge in [0.1, 0.15) is 5.76 Å². The van der Waals surface area contributed by atoms with Crippen LogP contribution in [-0.4, -0.2) is 30.6 Å². The quantitative estimate of drug-likeness (QED) is 0.871. The fourth-order valence-corrected chi connectivity index (χ4v) is 2.63. The van der Waals surface area contributed by atoms with Gasteiger partial charge in [0.05, 0.1) is 12.8 Å². The van der Waals surface area contributed by atoms with Crippen LogP contribution in [0, 0.1) is 12.8 Å². The molecule has 0 spiro atoms. The Balaban J connectivity index is 1.81. The van der Waals surface area contributed by atoms with Crippen LogP contribution in [0.4, 0.5) is 0 Å². The summed E-state index contributed by atoms with van der Waals surface area (Å²) in [6.45, 7) is 11.1. The number of hydrogen-bond acceptors (Lipinski definition) is 3. The number of furan rings is 1. The van der Waals surface area contributed by atoms with Crippen LogP contribution in [0.2, 0.25) is 0 Å². The van der Waals surface area contributed by atoms with Crippen LogP contribution in [0.15, 0.2) is 16.7 Å². The van der Waals surface area contributed by atoms with Gasteiger partial charge >= 0.3 is 0 Å². The fourth-order valence-electron chi connectivity index (χ4n) is 2.63. The van der Waals surface area contributed by atoms with Crippen LogP contribution in [0.3, 0.4) is 0 Å². The highest BCUT2D eigenvalue weighted by Gasteiger charge is 2.21. The molecule has 0 amide bonds. The third kappa shape index (κ3) is 3.85. The summed E-state index contributed by atoms with van der Waals surface area (Å²) >= 11 is 0. The summed E-state index contributed by atoms with van der Waals surface area (Å²) in [5.41, 5.74) is 1.28. The number of nitrogens with zero attached hydrogens (tertiary/aromatic N) is 1. The zero-order valence-electron chi connectivity index (χ0n) is 11.9. The molecule has 1 aliphatic rings. The molecule has 102 valence electrons. The first-order valence-electron chi connectivity index (χ1n) is 7.14. The monoisotopic (exact) mass is 250 g/mol. The van der Waals surface area contributed by atoms with E-state index in [2.05, 4.69) is 37.1 Å². The number of likely N-dealkylation sites (tertiary alicyclic amines) is 1. The first-order chi connectivity index (χ1) is 8.65. The molecular formula is C15H26N2O. The maximum absolute atomic E-state index is 5.54. The van der Waals surface area contributed by atoms with Crippen LogP contribution in [0.25, 0.3) is 0 Å². The number of aryl methyl sites for hydroxylation is 1. The predicted molar refractivity (Wildman–Crippen MR) is 74.6 cm³/mol. The summed E-state index contributed by atoms with van der Waals surface area (Å²) in [7, 11) is 0. The normalized spacial score (nSPS) is 21.7. The molecule has 2 rings (SSSR count). The molecule has 0 aromatic carbocycles. The van der Waals surface area contributed by atoms with Gasteiger partial charge in [-0.25, -0.2) is 0 Å². The Morgan fingerprint density at radius 1 is 1.50 bits per heavy atom. The van der Waals surface area contributed by atoms with E-state index in [9.17, 15) is 0 Å². The standard InChI is InChI=1S/C15H26N2O/c1-12(2)16-9-14-5-4-7-17(10-14)11-15-13(3)6-8-18-15/h6,8,12,14,16H,4-5,7,9-11H2,1-3H3. The SMILES string of the molecule is Cc1ccoc1CN1CCCC(CNC(C)C)C1. The summed E-state index contributed by atoms with van der Waals surface area (Å²) in [5.74, 6) is 1.92. The Hall–Kier alpha value is -0.800. The Labute approximate surface area is 111 Å². The maximum atomic E-state index is 5.54. The van der Waals surface area contributed by atoms with E-state index in [1.165, 1.54) is 31.5 Å². The first kappa shape index (κ1) is 13.6. The average Bonchev–Trinajstić information content (AvgIpc) is 2.73. The summed E-state index contributed by atoms with van der Waals surface area (Å²) in [4.78, 5) is 2.53. The van der Waals surface area contributed by atoms with Gasteiger partial charge in [-0.05, 0) is 50.4 Å². The molecule has 3 heteroatoms. The number of piperidine rings is 1. The van der Waals surface area contributed by atoms with Gasteiger partial charge in [-0.1, -0.05) is 13.8 Å².